The van der Waals surface area contributed by atoms with Crippen LogP contribution in [0.25, 0.3) is 11.3 Å². The quantitative estimate of drug-likeness (QED) is 0.734. The molecule has 1 aliphatic heterocycles. The number of methoxy groups -OCH3 is 1. The third kappa shape index (κ3) is 3.31. The van der Waals surface area contributed by atoms with Crippen LogP contribution in [0.15, 0.2) is 42.6 Å². The first-order valence-corrected chi connectivity index (χ1v) is 10.2. The van der Waals surface area contributed by atoms with Crippen molar-refractivity contribution in [1.29, 1.82) is 0 Å². The Morgan fingerprint density at radius 2 is 2.14 bits per heavy atom. The number of hydrogen-bond acceptors (Lipinski definition) is 4. The van der Waals surface area contributed by atoms with Gasteiger partial charge in [0, 0.05) is 42.2 Å². The summed E-state index contributed by atoms with van der Waals surface area (Å²) in [5.74, 6) is 1.45. The first-order chi connectivity index (χ1) is 13.8. The number of nitrogens with one attached hydrogen (secondary N) is 1. The predicted molar refractivity (Wildman–Crippen MR) is 109 cm³/mol. The number of H-pyrrole nitrogens is 1. The van der Waals surface area contributed by atoms with Gasteiger partial charge in [-0.3, -0.25) is 15.0 Å². The lowest BCUT2D eigenvalue weighted by Crippen LogP contribution is -2.19. The minimum atomic E-state index is 0.554. The molecule has 0 radical (unpaired) electrons. The maximum atomic E-state index is 5.65. The Hall–Kier alpha value is -2.66. The van der Waals surface area contributed by atoms with Crippen molar-refractivity contribution >= 4 is 0 Å². The summed E-state index contributed by atoms with van der Waals surface area (Å²) in [6.07, 6.45) is 6.49. The number of hydrogen-bond donors (Lipinski definition) is 1. The standard InChI is InChI=1S/C23H26N4O/c1-28-23-8-5-16(14-27-12-10-18(15-27)21-9-11-24-26-21)13-19(23)22-7-6-17-3-2-4-20(17)25-22/h5-9,11,13,18H,2-4,10,12,14-15H2,1H3,(H,24,26). The maximum absolute atomic E-state index is 5.65. The van der Waals surface area contributed by atoms with E-state index in [1.54, 1.807) is 7.11 Å². The summed E-state index contributed by atoms with van der Waals surface area (Å²) in [4.78, 5) is 7.47. The second kappa shape index (κ2) is 7.40. The van der Waals surface area contributed by atoms with E-state index in [4.69, 9.17) is 9.72 Å². The number of aryl methyl sites for hydroxylation is 2. The highest BCUT2D eigenvalue weighted by molar-refractivity contribution is 5.68. The third-order valence-corrected chi connectivity index (χ3v) is 6.11. The van der Waals surface area contributed by atoms with Gasteiger partial charge in [0.15, 0.2) is 0 Å². The highest BCUT2D eigenvalue weighted by Gasteiger charge is 2.25. The zero-order valence-electron chi connectivity index (χ0n) is 16.3. The molecule has 1 aliphatic carbocycles. The molecular formula is C23H26N4O. The average Bonchev–Trinajstić information content (AvgIpc) is 3.48. The fourth-order valence-corrected chi connectivity index (χ4v) is 4.61. The number of likely N-dealkylation sites (tertiary alicyclic amines) is 1. The van der Waals surface area contributed by atoms with Crippen molar-refractivity contribution in [3.05, 3.63) is 65.1 Å². The molecule has 1 fully saturated rings. The molecule has 5 rings (SSSR count). The molecule has 0 amide bonds. The lowest BCUT2D eigenvalue weighted by molar-refractivity contribution is 0.326. The van der Waals surface area contributed by atoms with Crippen LogP contribution in [0.2, 0.25) is 0 Å². The molecule has 1 atom stereocenters. The number of ether oxygens (including phenoxy) is 1. The highest BCUT2D eigenvalue weighted by atomic mass is 16.5. The summed E-state index contributed by atoms with van der Waals surface area (Å²) in [6.45, 7) is 3.13. The molecule has 3 aromatic rings. The van der Waals surface area contributed by atoms with Gasteiger partial charge in [-0.2, -0.15) is 5.10 Å². The minimum absolute atomic E-state index is 0.554. The molecule has 1 aromatic carbocycles. The Kier molecular flexibility index (Phi) is 4.61. The number of pyridine rings is 1. The largest absolute Gasteiger partial charge is 0.496 e. The van der Waals surface area contributed by atoms with Crippen molar-refractivity contribution in [2.45, 2.75) is 38.1 Å². The fourth-order valence-electron chi connectivity index (χ4n) is 4.61. The van der Waals surface area contributed by atoms with Gasteiger partial charge in [-0.25, -0.2) is 0 Å². The van der Waals surface area contributed by atoms with Crippen LogP contribution in [0.1, 0.15) is 41.3 Å². The van der Waals surface area contributed by atoms with Crippen molar-refractivity contribution in [3.63, 3.8) is 0 Å². The van der Waals surface area contributed by atoms with Gasteiger partial charge in [-0.15, -0.1) is 0 Å². The predicted octanol–water partition coefficient (Wildman–Crippen LogP) is 3.96. The summed E-state index contributed by atoms with van der Waals surface area (Å²) >= 11 is 0. The third-order valence-electron chi connectivity index (χ3n) is 6.11. The van der Waals surface area contributed by atoms with Gasteiger partial charge in [-0.05, 0) is 67.6 Å². The van der Waals surface area contributed by atoms with Crippen molar-refractivity contribution in [1.82, 2.24) is 20.1 Å². The zero-order valence-corrected chi connectivity index (χ0v) is 16.3. The van der Waals surface area contributed by atoms with Crippen molar-refractivity contribution < 1.29 is 4.74 Å². The molecule has 0 saturated carbocycles. The number of aromatic nitrogens is 3. The average molecular weight is 374 g/mol. The first-order valence-electron chi connectivity index (χ1n) is 10.2. The maximum Gasteiger partial charge on any atom is 0.128 e. The Morgan fingerprint density at radius 3 is 3.00 bits per heavy atom. The second-order valence-corrected chi connectivity index (χ2v) is 7.92. The van der Waals surface area contributed by atoms with E-state index in [1.165, 1.54) is 35.4 Å². The Morgan fingerprint density at radius 1 is 1.18 bits per heavy atom. The van der Waals surface area contributed by atoms with Crippen LogP contribution in [0.3, 0.4) is 0 Å². The molecule has 5 nitrogen and oxygen atoms in total. The Balaban J connectivity index is 1.37. The molecule has 144 valence electrons. The SMILES string of the molecule is COc1ccc(CN2CCC(c3ccn[nH]3)C2)cc1-c1ccc2c(n1)CCC2. The van der Waals surface area contributed by atoms with E-state index in [0.717, 1.165) is 49.5 Å². The van der Waals surface area contributed by atoms with Crippen LogP contribution in [-0.4, -0.2) is 40.3 Å². The smallest absolute Gasteiger partial charge is 0.128 e. The van der Waals surface area contributed by atoms with Gasteiger partial charge in [-0.1, -0.05) is 12.1 Å². The van der Waals surface area contributed by atoms with Crippen LogP contribution < -0.4 is 4.74 Å². The number of aromatic amines is 1. The molecule has 1 N–H and O–H groups in total. The van der Waals surface area contributed by atoms with Crippen molar-refractivity contribution in [3.8, 4) is 17.0 Å². The first kappa shape index (κ1) is 17.4. The Labute approximate surface area is 165 Å². The Bertz CT molecular complexity index is 967. The normalized spacial score (nSPS) is 19.1. The fraction of sp³-hybridized carbons (Fsp3) is 0.391. The number of nitrogens with zero attached hydrogens (tertiary/aromatic N) is 3. The van der Waals surface area contributed by atoms with Crippen LogP contribution in [0, 0.1) is 0 Å². The molecule has 0 spiro atoms. The van der Waals surface area contributed by atoms with Gasteiger partial charge >= 0.3 is 0 Å². The zero-order chi connectivity index (χ0) is 18.9. The minimum Gasteiger partial charge on any atom is -0.496 e. The van der Waals surface area contributed by atoms with E-state index < -0.39 is 0 Å². The second-order valence-electron chi connectivity index (χ2n) is 7.92. The summed E-state index contributed by atoms with van der Waals surface area (Å²) in [6, 6.07) is 13.0. The number of rotatable bonds is 5. The lowest BCUT2D eigenvalue weighted by Gasteiger charge is -2.17. The van der Waals surface area contributed by atoms with Gasteiger partial charge in [0.1, 0.15) is 5.75 Å². The summed E-state index contributed by atoms with van der Waals surface area (Å²) in [7, 11) is 1.74. The lowest BCUT2D eigenvalue weighted by atomic mass is 10.0. The van der Waals surface area contributed by atoms with E-state index in [2.05, 4.69) is 51.5 Å². The van der Waals surface area contributed by atoms with E-state index in [-0.39, 0.29) is 0 Å². The number of benzene rings is 1. The van der Waals surface area contributed by atoms with Crippen LogP contribution >= 0.6 is 0 Å². The van der Waals surface area contributed by atoms with Crippen molar-refractivity contribution in [2.24, 2.45) is 0 Å². The highest BCUT2D eigenvalue weighted by Crippen LogP contribution is 2.33. The number of fused-ring (bicyclic) bond motifs is 1. The van der Waals surface area contributed by atoms with E-state index in [1.807, 2.05) is 6.20 Å². The van der Waals surface area contributed by atoms with Gasteiger partial charge in [0.2, 0.25) is 0 Å². The van der Waals surface area contributed by atoms with Gasteiger partial charge in [0.25, 0.3) is 0 Å². The molecule has 28 heavy (non-hydrogen) atoms. The molecular weight excluding hydrogens is 348 g/mol. The molecule has 1 unspecified atom stereocenters. The summed E-state index contributed by atoms with van der Waals surface area (Å²) in [5.41, 5.74) is 7.34. The van der Waals surface area contributed by atoms with Crippen molar-refractivity contribution in [2.75, 3.05) is 20.2 Å². The van der Waals surface area contributed by atoms with E-state index in [0.29, 0.717) is 5.92 Å². The van der Waals surface area contributed by atoms with E-state index >= 15 is 0 Å². The molecule has 2 aromatic heterocycles. The van der Waals surface area contributed by atoms with Crippen LogP contribution in [0.5, 0.6) is 5.75 Å². The molecule has 0 bridgehead atoms. The molecule has 2 aliphatic rings. The topological polar surface area (TPSA) is 54.0 Å². The van der Waals surface area contributed by atoms with Gasteiger partial charge in [0.05, 0.1) is 12.8 Å². The molecule has 1 saturated heterocycles. The summed E-state index contributed by atoms with van der Waals surface area (Å²) in [5, 5.41) is 7.23. The van der Waals surface area contributed by atoms with Gasteiger partial charge < -0.3 is 4.74 Å². The van der Waals surface area contributed by atoms with Crippen LogP contribution in [-0.2, 0) is 19.4 Å². The molecule has 3 heterocycles. The monoisotopic (exact) mass is 374 g/mol. The van der Waals surface area contributed by atoms with Crippen LogP contribution in [0.4, 0.5) is 0 Å². The summed E-state index contributed by atoms with van der Waals surface area (Å²) < 4.78 is 5.65. The molecule has 5 heteroatoms. The van der Waals surface area contributed by atoms with E-state index in [9.17, 15) is 0 Å².